The number of hydrogen-bond acceptors (Lipinski definition) is 4. The van der Waals surface area contributed by atoms with Gasteiger partial charge >= 0.3 is 6.09 Å². The lowest BCUT2D eigenvalue weighted by molar-refractivity contribution is 0.0944. The molecular weight excluding hydrogens is 190 g/mol. The molecule has 0 saturated carbocycles. The van der Waals surface area contributed by atoms with Crippen LogP contribution in [0.15, 0.2) is 17.5 Å². The fourth-order valence-corrected chi connectivity index (χ4v) is 1.50. The van der Waals surface area contributed by atoms with Crippen LogP contribution in [0.3, 0.4) is 0 Å². The molecule has 0 aromatic carbocycles. The Kier molecular flexibility index (Phi) is 3.45. The first-order valence-corrected chi connectivity index (χ1v) is 4.57. The molecule has 0 bridgehead atoms. The molecule has 0 aliphatic heterocycles. The van der Waals surface area contributed by atoms with Gasteiger partial charge in [0.1, 0.15) is 6.61 Å². The van der Waals surface area contributed by atoms with E-state index in [4.69, 9.17) is 5.73 Å². The van der Waals surface area contributed by atoms with E-state index in [2.05, 4.69) is 4.74 Å². The van der Waals surface area contributed by atoms with Crippen molar-refractivity contribution in [3.8, 4) is 0 Å². The molecule has 1 aromatic rings. The Morgan fingerprint density at radius 1 is 1.54 bits per heavy atom. The second kappa shape index (κ2) is 4.61. The fraction of sp³-hybridized carbons (Fsp3) is 0.250. The molecule has 0 atom stereocenters. The quantitative estimate of drug-likeness (QED) is 0.745. The van der Waals surface area contributed by atoms with Crippen LogP contribution < -0.4 is 5.73 Å². The van der Waals surface area contributed by atoms with Gasteiger partial charge < -0.3 is 10.5 Å². The van der Waals surface area contributed by atoms with Crippen LogP contribution in [0.2, 0.25) is 0 Å². The normalized spacial score (nSPS) is 9.54. The second-order valence-corrected chi connectivity index (χ2v) is 3.27. The molecular formula is C8H9NO3S. The Bertz CT molecular complexity index is 294. The van der Waals surface area contributed by atoms with Gasteiger partial charge in [-0.2, -0.15) is 0 Å². The molecule has 1 heterocycles. The molecule has 0 spiro atoms. The van der Waals surface area contributed by atoms with Gasteiger partial charge in [-0.3, -0.25) is 4.79 Å². The van der Waals surface area contributed by atoms with Gasteiger partial charge in [0.2, 0.25) is 0 Å². The van der Waals surface area contributed by atoms with Crippen LogP contribution in [-0.2, 0) is 4.74 Å². The SMILES string of the molecule is NC(=O)OCCC(=O)c1cccs1. The molecule has 1 aromatic heterocycles. The number of rotatable bonds is 4. The number of thiophene rings is 1. The summed E-state index contributed by atoms with van der Waals surface area (Å²) in [5, 5.41) is 1.82. The minimum absolute atomic E-state index is 0.0312. The second-order valence-electron chi connectivity index (χ2n) is 2.32. The first-order valence-electron chi connectivity index (χ1n) is 3.69. The highest BCUT2D eigenvalue weighted by molar-refractivity contribution is 7.12. The van der Waals surface area contributed by atoms with E-state index in [0.717, 1.165) is 0 Å². The number of ether oxygens (including phenoxy) is 1. The van der Waals surface area contributed by atoms with Gasteiger partial charge in [-0.1, -0.05) is 6.07 Å². The molecule has 4 nitrogen and oxygen atoms in total. The van der Waals surface area contributed by atoms with Crippen LogP contribution in [0.4, 0.5) is 4.79 Å². The van der Waals surface area contributed by atoms with Crippen LogP contribution in [0.25, 0.3) is 0 Å². The number of ketones is 1. The van der Waals surface area contributed by atoms with Gasteiger partial charge in [0.15, 0.2) is 5.78 Å². The summed E-state index contributed by atoms with van der Waals surface area (Å²) in [6.07, 6.45) is -0.664. The van der Waals surface area contributed by atoms with Gasteiger partial charge in [-0.25, -0.2) is 4.79 Å². The molecule has 1 amide bonds. The van der Waals surface area contributed by atoms with Crippen LogP contribution >= 0.6 is 11.3 Å². The Morgan fingerprint density at radius 3 is 2.85 bits per heavy atom. The monoisotopic (exact) mass is 199 g/mol. The first-order chi connectivity index (χ1) is 6.20. The van der Waals surface area contributed by atoms with Crippen LogP contribution in [-0.4, -0.2) is 18.5 Å². The summed E-state index contributed by atoms with van der Waals surface area (Å²) >= 11 is 1.37. The zero-order valence-corrected chi connectivity index (χ0v) is 7.67. The lowest BCUT2D eigenvalue weighted by Gasteiger charge is -1.98. The summed E-state index contributed by atoms with van der Waals surface area (Å²) in [5.41, 5.74) is 4.73. The summed E-state index contributed by atoms with van der Waals surface area (Å²) in [6, 6.07) is 3.53. The number of Topliss-reactive ketones (excluding diaryl/α,β-unsaturated/α-hetero) is 1. The largest absolute Gasteiger partial charge is 0.449 e. The van der Waals surface area contributed by atoms with Crippen molar-refractivity contribution in [3.05, 3.63) is 22.4 Å². The van der Waals surface area contributed by atoms with Crippen molar-refractivity contribution in [2.75, 3.05) is 6.61 Å². The van der Waals surface area contributed by atoms with Gasteiger partial charge in [0.05, 0.1) is 4.88 Å². The number of hydrogen-bond donors (Lipinski definition) is 1. The minimum atomic E-state index is -0.848. The van der Waals surface area contributed by atoms with E-state index < -0.39 is 6.09 Å². The maximum absolute atomic E-state index is 11.3. The molecule has 70 valence electrons. The van der Waals surface area contributed by atoms with E-state index in [-0.39, 0.29) is 18.8 Å². The molecule has 0 aliphatic rings. The Labute approximate surface area is 79.3 Å². The molecule has 0 aliphatic carbocycles. The average molecular weight is 199 g/mol. The lowest BCUT2D eigenvalue weighted by Crippen LogP contribution is -2.15. The molecule has 1 rings (SSSR count). The third-order valence-corrected chi connectivity index (χ3v) is 2.28. The Balaban J connectivity index is 2.31. The van der Waals surface area contributed by atoms with Crippen LogP contribution in [0, 0.1) is 0 Å². The zero-order valence-electron chi connectivity index (χ0n) is 6.86. The Hall–Kier alpha value is -1.36. The van der Waals surface area contributed by atoms with Gasteiger partial charge in [-0.15, -0.1) is 11.3 Å². The molecule has 0 fully saturated rings. The smallest absolute Gasteiger partial charge is 0.404 e. The number of carbonyl (C=O) groups is 2. The van der Waals surface area contributed by atoms with E-state index in [1.165, 1.54) is 11.3 Å². The van der Waals surface area contributed by atoms with Crippen molar-refractivity contribution in [1.82, 2.24) is 0 Å². The van der Waals surface area contributed by atoms with Gasteiger partial charge in [0, 0.05) is 6.42 Å². The Morgan fingerprint density at radius 2 is 2.31 bits per heavy atom. The zero-order chi connectivity index (χ0) is 9.68. The van der Waals surface area contributed by atoms with E-state index in [1.807, 2.05) is 5.38 Å². The number of carbonyl (C=O) groups excluding carboxylic acids is 2. The molecule has 13 heavy (non-hydrogen) atoms. The highest BCUT2D eigenvalue weighted by Crippen LogP contribution is 2.10. The van der Waals surface area contributed by atoms with Gasteiger partial charge in [-0.05, 0) is 11.4 Å². The topological polar surface area (TPSA) is 69.4 Å². The third-order valence-electron chi connectivity index (χ3n) is 1.37. The standard InChI is InChI=1S/C8H9NO3S/c9-8(11)12-4-3-6(10)7-2-1-5-13-7/h1-2,5H,3-4H2,(H2,9,11). The summed E-state index contributed by atoms with van der Waals surface area (Å²) < 4.78 is 4.43. The van der Waals surface area contributed by atoms with E-state index in [0.29, 0.717) is 4.88 Å². The third kappa shape index (κ3) is 3.25. The van der Waals surface area contributed by atoms with Gasteiger partial charge in [0.25, 0.3) is 0 Å². The maximum atomic E-state index is 11.3. The summed E-state index contributed by atoms with van der Waals surface area (Å²) in [4.78, 5) is 22.1. The first kappa shape index (κ1) is 9.73. The van der Waals surface area contributed by atoms with Crippen molar-refractivity contribution in [2.45, 2.75) is 6.42 Å². The van der Waals surface area contributed by atoms with Crippen LogP contribution in [0.1, 0.15) is 16.1 Å². The van der Waals surface area contributed by atoms with E-state index >= 15 is 0 Å². The number of amides is 1. The maximum Gasteiger partial charge on any atom is 0.404 e. The molecule has 0 radical (unpaired) electrons. The highest BCUT2D eigenvalue weighted by atomic mass is 32.1. The van der Waals surface area contributed by atoms with Crippen molar-refractivity contribution in [1.29, 1.82) is 0 Å². The summed E-state index contributed by atoms with van der Waals surface area (Å²) in [7, 11) is 0. The average Bonchev–Trinajstić information content (AvgIpc) is 2.55. The summed E-state index contributed by atoms with van der Waals surface area (Å²) in [5.74, 6) is -0.0312. The molecule has 2 N–H and O–H groups in total. The summed E-state index contributed by atoms with van der Waals surface area (Å²) in [6.45, 7) is 0.0477. The molecule has 5 heteroatoms. The van der Waals surface area contributed by atoms with Crippen molar-refractivity contribution in [3.63, 3.8) is 0 Å². The number of primary amides is 1. The van der Waals surface area contributed by atoms with Crippen LogP contribution in [0.5, 0.6) is 0 Å². The fourth-order valence-electron chi connectivity index (χ4n) is 0.805. The lowest BCUT2D eigenvalue weighted by atomic mass is 10.2. The predicted octanol–water partition coefficient (Wildman–Crippen LogP) is 1.42. The van der Waals surface area contributed by atoms with Crippen molar-refractivity contribution in [2.24, 2.45) is 5.73 Å². The predicted molar refractivity (Wildman–Crippen MR) is 48.8 cm³/mol. The molecule has 0 unspecified atom stereocenters. The molecule has 0 saturated heterocycles. The van der Waals surface area contributed by atoms with E-state index in [9.17, 15) is 9.59 Å². The minimum Gasteiger partial charge on any atom is -0.449 e. The van der Waals surface area contributed by atoms with E-state index in [1.54, 1.807) is 12.1 Å². The number of nitrogens with two attached hydrogens (primary N) is 1. The van der Waals surface area contributed by atoms with Crippen molar-refractivity contribution < 1.29 is 14.3 Å². The highest BCUT2D eigenvalue weighted by Gasteiger charge is 2.06. The van der Waals surface area contributed by atoms with Crippen molar-refractivity contribution >= 4 is 23.2 Å².